The van der Waals surface area contributed by atoms with Crippen molar-refractivity contribution in [3.63, 3.8) is 0 Å². The van der Waals surface area contributed by atoms with E-state index in [0.29, 0.717) is 11.3 Å². The molecule has 2 aromatic rings. The van der Waals surface area contributed by atoms with Gasteiger partial charge in [-0.1, -0.05) is 0 Å². The summed E-state index contributed by atoms with van der Waals surface area (Å²) in [7, 11) is 0. The predicted octanol–water partition coefficient (Wildman–Crippen LogP) is 2.96. The SMILES string of the molecule is Cc1cc(OCC(Cl)CO)c2c3c(c(=O)oc2c1)CCCC3. The van der Waals surface area contributed by atoms with Gasteiger partial charge in [0, 0.05) is 5.56 Å². The molecular weight excluding hydrogens is 304 g/mol. The first-order valence-corrected chi connectivity index (χ1v) is 8.00. The molecule has 22 heavy (non-hydrogen) atoms. The summed E-state index contributed by atoms with van der Waals surface area (Å²) >= 11 is 5.93. The summed E-state index contributed by atoms with van der Waals surface area (Å²) in [5, 5.41) is 9.46. The Morgan fingerprint density at radius 2 is 2.05 bits per heavy atom. The second-order valence-corrected chi connectivity index (χ2v) is 6.40. The largest absolute Gasteiger partial charge is 0.491 e. The first-order valence-electron chi connectivity index (χ1n) is 7.57. The average molecular weight is 323 g/mol. The molecule has 0 saturated carbocycles. The molecule has 0 fully saturated rings. The summed E-state index contributed by atoms with van der Waals surface area (Å²) in [5.74, 6) is 0.677. The molecule has 0 spiro atoms. The molecule has 1 unspecified atom stereocenters. The maximum atomic E-state index is 12.2. The molecule has 1 aromatic carbocycles. The first-order chi connectivity index (χ1) is 10.6. The summed E-state index contributed by atoms with van der Waals surface area (Å²) < 4.78 is 11.3. The highest BCUT2D eigenvalue weighted by Crippen LogP contribution is 2.34. The van der Waals surface area contributed by atoms with Crippen LogP contribution in [0.3, 0.4) is 0 Å². The monoisotopic (exact) mass is 322 g/mol. The second-order valence-electron chi connectivity index (χ2n) is 5.78. The number of fused-ring (bicyclic) bond motifs is 3. The third-order valence-corrected chi connectivity index (χ3v) is 4.31. The summed E-state index contributed by atoms with van der Waals surface area (Å²) in [4.78, 5) is 12.2. The Labute approximate surface area is 133 Å². The van der Waals surface area contributed by atoms with Gasteiger partial charge >= 0.3 is 5.63 Å². The van der Waals surface area contributed by atoms with Crippen LogP contribution in [0, 0.1) is 6.92 Å². The minimum Gasteiger partial charge on any atom is -0.491 e. The van der Waals surface area contributed by atoms with E-state index in [0.717, 1.165) is 47.8 Å². The van der Waals surface area contributed by atoms with Gasteiger partial charge in [-0.25, -0.2) is 4.79 Å². The lowest BCUT2D eigenvalue weighted by molar-refractivity contribution is 0.239. The zero-order chi connectivity index (χ0) is 15.7. The summed E-state index contributed by atoms with van der Waals surface area (Å²) in [6.45, 7) is 2.00. The van der Waals surface area contributed by atoms with Crippen molar-refractivity contribution >= 4 is 22.6 Å². The van der Waals surface area contributed by atoms with Gasteiger partial charge in [-0.3, -0.25) is 0 Å². The van der Waals surface area contributed by atoms with E-state index >= 15 is 0 Å². The van der Waals surface area contributed by atoms with Gasteiger partial charge in [0.25, 0.3) is 0 Å². The number of aliphatic hydroxyl groups excluding tert-OH is 1. The van der Waals surface area contributed by atoms with E-state index < -0.39 is 5.38 Å². The van der Waals surface area contributed by atoms with Crippen molar-refractivity contribution in [3.8, 4) is 5.75 Å². The fraction of sp³-hybridized carbons (Fsp3) is 0.471. The molecule has 5 heteroatoms. The normalized spacial score (nSPS) is 15.6. The van der Waals surface area contributed by atoms with Gasteiger partial charge in [-0.15, -0.1) is 11.6 Å². The maximum Gasteiger partial charge on any atom is 0.339 e. The van der Waals surface area contributed by atoms with Crippen molar-refractivity contribution in [2.24, 2.45) is 0 Å². The van der Waals surface area contributed by atoms with Crippen molar-refractivity contribution in [2.45, 2.75) is 38.0 Å². The molecule has 1 aliphatic rings. The lowest BCUT2D eigenvalue weighted by Gasteiger charge is -2.19. The zero-order valence-corrected chi connectivity index (χ0v) is 13.3. The fourth-order valence-corrected chi connectivity index (χ4v) is 3.08. The molecule has 0 amide bonds. The number of ether oxygens (including phenoxy) is 1. The van der Waals surface area contributed by atoms with Gasteiger partial charge in [-0.2, -0.15) is 0 Å². The number of hydrogen-bond acceptors (Lipinski definition) is 4. The van der Waals surface area contributed by atoms with Crippen LogP contribution < -0.4 is 10.4 Å². The van der Waals surface area contributed by atoms with Gasteiger partial charge in [0.05, 0.1) is 17.4 Å². The van der Waals surface area contributed by atoms with Gasteiger partial charge < -0.3 is 14.3 Å². The smallest absolute Gasteiger partial charge is 0.339 e. The van der Waals surface area contributed by atoms with Crippen LogP contribution in [0.2, 0.25) is 0 Å². The molecule has 0 saturated heterocycles. The lowest BCUT2D eigenvalue weighted by Crippen LogP contribution is -2.18. The minimum atomic E-state index is -0.456. The summed E-state index contributed by atoms with van der Waals surface area (Å²) in [5.41, 5.74) is 3.11. The van der Waals surface area contributed by atoms with E-state index in [1.54, 1.807) is 0 Å². The molecule has 1 heterocycles. The van der Waals surface area contributed by atoms with Crippen LogP contribution >= 0.6 is 11.6 Å². The summed E-state index contributed by atoms with van der Waals surface area (Å²) in [6.07, 6.45) is 3.70. The third-order valence-electron chi connectivity index (χ3n) is 4.05. The first kappa shape index (κ1) is 15.4. The van der Waals surface area contributed by atoms with Crippen LogP contribution in [0.1, 0.15) is 29.5 Å². The number of halogens is 1. The lowest BCUT2D eigenvalue weighted by atomic mass is 9.90. The number of alkyl halides is 1. The summed E-state index contributed by atoms with van der Waals surface area (Å²) in [6, 6.07) is 3.79. The Kier molecular flexibility index (Phi) is 4.41. The number of hydrogen-bond donors (Lipinski definition) is 1. The molecule has 0 bridgehead atoms. The highest BCUT2D eigenvalue weighted by atomic mass is 35.5. The number of aryl methyl sites for hydroxylation is 2. The molecule has 118 valence electrons. The Hall–Kier alpha value is -1.52. The van der Waals surface area contributed by atoms with Crippen molar-refractivity contribution in [1.29, 1.82) is 0 Å². The highest BCUT2D eigenvalue weighted by Gasteiger charge is 2.21. The zero-order valence-electron chi connectivity index (χ0n) is 12.5. The third kappa shape index (κ3) is 2.85. The van der Waals surface area contributed by atoms with E-state index in [1.807, 2.05) is 19.1 Å². The molecule has 1 atom stereocenters. The van der Waals surface area contributed by atoms with Crippen molar-refractivity contribution in [3.05, 3.63) is 39.2 Å². The Balaban J connectivity index is 2.16. The van der Waals surface area contributed by atoms with E-state index in [1.165, 1.54) is 0 Å². The van der Waals surface area contributed by atoms with E-state index in [-0.39, 0.29) is 18.8 Å². The number of aliphatic hydroxyl groups is 1. The van der Waals surface area contributed by atoms with Crippen LogP contribution in [0.4, 0.5) is 0 Å². The van der Waals surface area contributed by atoms with Crippen LogP contribution in [-0.2, 0) is 12.8 Å². The van der Waals surface area contributed by atoms with Crippen molar-refractivity contribution < 1.29 is 14.3 Å². The highest BCUT2D eigenvalue weighted by molar-refractivity contribution is 6.20. The maximum absolute atomic E-state index is 12.2. The quantitative estimate of drug-likeness (QED) is 0.694. The van der Waals surface area contributed by atoms with Gasteiger partial charge in [0.15, 0.2) is 0 Å². The van der Waals surface area contributed by atoms with E-state index in [4.69, 9.17) is 25.9 Å². The molecule has 1 N–H and O–H groups in total. The van der Waals surface area contributed by atoms with Crippen LogP contribution in [-0.4, -0.2) is 23.7 Å². The molecule has 0 radical (unpaired) electrons. The average Bonchev–Trinajstić information content (AvgIpc) is 2.52. The minimum absolute atomic E-state index is 0.140. The Bertz CT molecular complexity index is 750. The van der Waals surface area contributed by atoms with Crippen molar-refractivity contribution in [2.75, 3.05) is 13.2 Å². The molecule has 3 rings (SSSR count). The Morgan fingerprint density at radius 1 is 1.32 bits per heavy atom. The predicted molar refractivity (Wildman–Crippen MR) is 86.1 cm³/mol. The number of benzene rings is 1. The van der Waals surface area contributed by atoms with Crippen LogP contribution in [0.25, 0.3) is 11.0 Å². The van der Waals surface area contributed by atoms with E-state index in [2.05, 4.69) is 0 Å². The molecular formula is C17H19ClO4. The number of rotatable bonds is 4. The molecule has 4 nitrogen and oxygen atoms in total. The van der Waals surface area contributed by atoms with Crippen LogP contribution in [0.15, 0.2) is 21.3 Å². The molecule has 0 aliphatic heterocycles. The fourth-order valence-electron chi connectivity index (χ4n) is 3.01. The van der Waals surface area contributed by atoms with Crippen molar-refractivity contribution in [1.82, 2.24) is 0 Å². The van der Waals surface area contributed by atoms with Gasteiger partial charge in [0.1, 0.15) is 17.9 Å². The van der Waals surface area contributed by atoms with Gasteiger partial charge in [0.2, 0.25) is 0 Å². The topological polar surface area (TPSA) is 59.7 Å². The molecule has 1 aliphatic carbocycles. The van der Waals surface area contributed by atoms with Gasteiger partial charge in [-0.05, 0) is 55.9 Å². The Morgan fingerprint density at radius 3 is 2.77 bits per heavy atom. The second kappa shape index (κ2) is 6.31. The standard InChI is InChI=1S/C17H19ClO4/c1-10-6-14(21-9-11(18)8-19)16-12-4-2-3-5-13(12)17(20)22-15(16)7-10/h6-7,11,19H,2-5,8-9H2,1H3. The van der Waals surface area contributed by atoms with Crippen LogP contribution in [0.5, 0.6) is 5.75 Å². The van der Waals surface area contributed by atoms with E-state index in [9.17, 15) is 4.79 Å². The molecule has 1 aromatic heterocycles.